The Kier molecular flexibility index (Phi) is 4.66. The third-order valence-corrected chi connectivity index (χ3v) is 4.38. The molecule has 1 atom stereocenters. The van der Waals surface area contributed by atoms with Crippen LogP contribution >= 0.6 is 0 Å². The first-order valence-corrected chi connectivity index (χ1v) is 7.36. The minimum absolute atomic E-state index is 0.191. The quantitative estimate of drug-likeness (QED) is 0.555. The molecule has 2 amide bonds. The number of nitrogens with one attached hydrogen (secondary N) is 1. The fourth-order valence-corrected chi connectivity index (χ4v) is 2.99. The van der Waals surface area contributed by atoms with Crippen molar-refractivity contribution in [1.82, 2.24) is 10.2 Å². The minimum Gasteiger partial charge on any atom is -0.384 e. The maximum absolute atomic E-state index is 12.9. The fourth-order valence-electron chi connectivity index (χ4n) is 1.88. The maximum Gasteiger partial charge on any atom is 0.578 e. The van der Waals surface area contributed by atoms with E-state index in [1.807, 2.05) is 6.92 Å². The van der Waals surface area contributed by atoms with E-state index < -0.39 is 14.5 Å². The molecule has 0 aliphatic carbocycles. The monoisotopic (exact) mass is 252 g/mol. The molecule has 1 aliphatic heterocycles. The lowest BCUT2D eigenvalue weighted by Crippen LogP contribution is -2.35. The highest BCUT2D eigenvalue weighted by molar-refractivity contribution is 6.59. The van der Waals surface area contributed by atoms with Gasteiger partial charge in [-0.2, -0.15) is 0 Å². The summed E-state index contributed by atoms with van der Waals surface area (Å²) in [7, 11) is -5.06. The Morgan fingerprint density at radius 3 is 2.69 bits per heavy atom. The van der Waals surface area contributed by atoms with Crippen LogP contribution in [-0.4, -0.2) is 44.3 Å². The molecular formula is C9H18F2N2O2Si. The number of carbonyl (C=O) groups is 1. The summed E-state index contributed by atoms with van der Waals surface area (Å²) in [5.41, 5.74) is -0.925. The van der Waals surface area contributed by atoms with E-state index in [-0.39, 0.29) is 12.5 Å². The van der Waals surface area contributed by atoms with Gasteiger partial charge < -0.3 is 15.0 Å². The Bertz CT molecular complexity index is 248. The van der Waals surface area contributed by atoms with Crippen LogP contribution in [0.25, 0.3) is 0 Å². The Hall–Kier alpha value is -0.693. The average molecular weight is 252 g/mol. The van der Waals surface area contributed by atoms with Gasteiger partial charge in [0.1, 0.15) is 0 Å². The van der Waals surface area contributed by atoms with Gasteiger partial charge in [0.05, 0.1) is 0 Å². The largest absolute Gasteiger partial charge is 0.578 e. The van der Waals surface area contributed by atoms with Crippen LogP contribution in [0.15, 0.2) is 0 Å². The number of nitrogens with zero attached hydrogens (tertiary/aromatic N) is 1. The van der Waals surface area contributed by atoms with Gasteiger partial charge in [-0.05, 0) is 12.8 Å². The highest BCUT2D eigenvalue weighted by Gasteiger charge is 2.43. The molecule has 1 unspecified atom stereocenters. The Morgan fingerprint density at radius 2 is 2.25 bits per heavy atom. The van der Waals surface area contributed by atoms with Gasteiger partial charge in [0.2, 0.25) is 0 Å². The zero-order valence-corrected chi connectivity index (χ0v) is 10.4. The van der Waals surface area contributed by atoms with Crippen molar-refractivity contribution < 1.29 is 17.8 Å². The summed E-state index contributed by atoms with van der Waals surface area (Å²) in [6, 6.07) is -0.196. The Balaban J connectivity index is 2.40. The summed E-state index contributed by atoms with van der Waals surface area (Å²) in [5.74, 6) is 0. The van der Waals surface area contributed by atoms with Crippen LogP contribution in [0.4, 0.5) is 13.0 Å². The van der Waals surface area contributed by atoms with Crippen LogP contribution in [0.3, 0.4) is 0 Å². The second kappa shape index (κ2) is 5.58. The molecule has 0 bridgehead atoms. The highest BCUT2D eigenvalue weighted by atomic mass is 28.4. The van der Waals surface area contributed by atoms with E-state index in [2.05, 4.69) is 5.32 Å². The number of amides is 2. The molecule has 0 spiro atoms. The van der Waals surface area contributed by atoms with E-state index in [1.54, 1.807) is 0 Å². The van der Waals surface area contributed by atoms with E-state index in [4.69, 9.17) is 4.80 Å². The predicted molar refractivity (Wildman–Crippen MR) is 58.4 cm³/mol. The topological polar surface area (TPSA) is 52.6 Å². The Labute approximate surface area is 95.1 Å². The molecule has 1 fully saturated rings. The lowest BCUT2D eigenvalue weighted by molar-refractivity contribution is 0.214. The zero-order valence-electron chi connectivity index (χ0n) is 9.38. The summed E-state index contributed by atoms with van der Waals surface area (Å²) in [5, 5.41) is 2.61. The van der Waals surface area contributed by atoms with Crippen LogP contribution in [0.5, 0.6) is 0 Å². The summed E-state index contributed by atoms with van der Waals surface area (Å²) in [6.07, 6.45) is 1.14. The van der Waals surface area contributed by atoms with Crippen LogP contribution in [0.2, 0.25) is 5.54 Å². The number of halogens is 2. The zero-order chi connectivity index (χ0) is 12.2. The first kappa shape index (κ1) is 13.4. The first-order chi connectivity index (χ1) is 7.45. The van der Waals surface area contributed by atoms with Crippen LogP contribution in [0, 0.1) is 0 Å². The van der Waals surface area contributed by atoms with Crippen molar-refractivity contribution in [3.05, 3.63) is 0 Å². The van der Waals surface area contributed by atoms with Crippen molar-refractivity contribution in [2.75, 3.05) is 19.6 Å². The molecule has 2 N–H and O–H groups in total. The van der Waals surface area contributed by atoms with Crippen LogP contribution in [0.1, 0.15) is 26.2 Å². The van der Waals surface area contributed by atoms with Gasteiger partial charge in [-0.25, -0.2) is 13.0 Å². The number of rotatable bonds is 6. The van der Waals surface area contributed by atoms with Gasteiger partial charge in [-0.3, -0.25) is 0 Å². The molecule has 4 nitrogen and oxygen atoms in total. The molecule has 94 valence electrons. The molecule has 0 aromatic rings. The van der Waals surface area contributed by atoms with Crippen molar-refractivity contribution >= 4 is 15.0 Å². The predicted octanol–water partition coefficient (Wildman–Crippen LogP) is 1.44. The molecule has 0 aromatic carbocycles. The summed E-state index contributed by atoms with van der Waals surface area (Å²) < 4.78 is 25.8. The second-order valence-electron chi connectivity index (χ2n) is 4.08. The fraction of sp³-hybridized carbons (Fsp3) is 0.889. The third kappa shape index (κ3) is 3.71. The third-order valence-electron chi connectivity index (χ3n) is 2.82. The number of carbonyl (C=O) groups excluding carboxylic acids is 1. The summed E-state index contributed by atoms with van der Waals surface area (Å²) in [6.45, 7) is 3.26. The van der Waals surface area contributed by atoms with Gasteiger partial charge in [0.25, 0.3) is 0 Å². The molecule has 1 saturated heterocycles. The van der Waals surface area contributed by atoms with Gasteiger partial charge in [-0.1, -0.05) is 13.3 Å². The minimum atomic E-state index is -5.06. The normalized spacial score (nSPS) is 18.8. The number of hydrogen-bond donors (Lipinski definition) is 2. The van der Waals surface area contributed by atoms with Crippen molar-refractivity contribution in [2.24, 2.45) is 0 Å². The molecule has 0 radical (unpaired) electrons. The molecule has 16 heavy (non-hydrogen) atoms. The lowest BCUT2D eigenvalue weighted by Gasteiger charge is -2.21. The standard InChI is InChI=1S/C9H18F2N2O2Si/c1-2-3-8(16(10,11)15)4-6-13-7-5-12-9(13)14/h8,15H,2-7H2,1H3,(H,12,14). The van der Waals surface area contributed by atoms with E-state index in [0.29, 0.717) is 32.5 Å². The molecule has 1 rings (SSSR count). The van der Waals surface area contributed by atoms with Gasteiger partial charge >= 0.3 is 15.0 Å². The maximum atomic E-state index is 12.9. The molecule has 1 aliphatic rings. The summed E-state index contributed by atoms with van der Waals surface area (Å²) >= 11 is 0. The smallest absolute Gasteiger partial charge is 0.384 e. The first-order valence-electron chi connectivity index (χ1n) is 5.58. The molecule has 0 aromatic heterocycles. The second-order valence-corrected chi connectivity index (χ2v) is 6.07. The highest BCUT2D eigenvalue weighted by Crippen LogP contribution is 2.30. The van der Waals surface area contributed by atoms with Crippen molar-refractivity contribution in [3.8, 4) is 0 Å². The average Bonchev–Trinajstić information content (AvgIpc) is 2.57. The van der Waals surface area contributed by atoms with E-state index in [0.717, 1.165) is 0 Å². The van der Waals surface area contributed by atoms with Crippen LogP contribution in [-0.2, 0) is 0 Å². The van der Waals surface area contributed by atoms with Gasteiger partial charge in [0.15, 0.2) is 0 Å². The molecule has 1 heterocycles. The number of urea groups is 1. The lowest BCUT2D eigenvalue weighted by atomic mass is 10.2. The summed E-state index contributed by atoms with van der Waals surface area (Å²) in [4.78, 5) is 21.5. The van der Waals surface area contributed by atoms with Crippen molar-refractivity contribution in [2.45, 2.75) is 31.7 Å². The SMILES string of the molecule is CCCC(CCN1CCNC1=O)[Si](O)(F)F. The number of hydrogen-bond acceptors (Lipinski definition) is 2. The van der Waals surface area contributed by atoms with Gasteiger partial charge in [0, 0.05) is 25.2 Å². The van der Waals surface area contributed by atoms with E-state index >= 15 is 0 Å². The molecule has 7 heteroatoms. The molecular weight excluding hydrogens is 234 g/mol. The van der Waals surface area contributed by atoms with Crippen molar-refractivity contribution in [1.29, 1.82) is 0 Å². The van der Waals surface area contributed by atoms with Crippen molar-refractivity contribution in [3.63, 3.8) is 0 Å². The van der Waals surface area contributed by atoms with Gasteiger partial charge in [-0.15, -0.1) is 0 Å². The Morgan fingerprint density at radius 1 is 1.56 bits per heavy atom. The van der Waals surface area contributed by atoms with E-state index in [9.17, 15) is 13.0 Å². The van der Waals surface area contributed by atoms with Crippen LogP contribution < -0.4 is 5.32 Å². The molecule has 0 saturated carbocycles. The van der Waals surface area contributed by atoms with E-state index in [1.165, 1.54) is 4.90 Å².